The molecule has 1 heterocycles. The van der Waals surface area contributed by atoms with E-state index in [-0.39, 0.29) is 12.0 Å². The van der Waals surface area contributed by atoms with Crippen LogP contribution in [0.3, 0.4) is 0 Å². The van der Waals surface area contributed by atoms with Crippen LogP contribution in [0.4, 0.5) is 0 Å². The number of aromatic nitrogens is 2. The predicted molar refractivity (Wildman–Crippen MR) is 79.6 cm³/mol. The highest BCUT2D eigenvalue weighted by atomic mass is 16.3. The van der Waals surface area contributed by atoms with Crippen LogP contribution in [0.15, 0.2) is 30.3 Å². The summed E-state index contributed by atoms with van der Waals surface area (Å²) in [5.74, 6) is 0.810. The van der Waals surface area contributed by atoms with Crippen LogP contribution in [0.25, 0.3) is 11.3 Å². The maximum atomic E-state index is 9.72. The number of rotatable bonds is 3. The van der Waals surface area contributed by atoms with Gasteiger partial charge in [-0.3, -0.25) is 0 Å². The molecule has 1 aliphatic rings. The topological polar surface area (TPSA) is 46.0 Å². The Morgan fingerprint density at radius 2 is 1.90 bits per heavy atom. The van der Waals surface area contributed by atoms with Crippen molar-refractivity contribution < 1.29 is 5.11 Å². The molecule has 104 valence electrons. The second-order valence-electron chi connectivity index (χ2n) is 5.83. The molecule has 0 amide bonds. The number of hydrogen-bond donors (Lipinski definition) is 1. The van der Waals surface area contributed by atoms with Crippen LogP contribution in [0.1, 0.15) is 36.3 Å². The molecular formula is C17H20N2O. The summed E-state index contributed by atoms with van der Waals surface area (Å²) < 4.78 is 0. The highest BCUT2D eigenvalue weighted by Crippen LogP contribution is 2.42. The van der Waals surface area contributed by atoms with E-state index < -0.39 is 0 Å². The van der Waals surface area contributed by atoms with Gasteiger partial charge in [-0.25, -0.2) is 9.97 Å². The normalized spacial score (nSPS) is 16.8. The number of aliphatic hydroxyl groups is 1. The molecule has 1 N–H and O–H groups in total. The van der Waals surface area contributed by atoms with Gasteiger partial charge in [0, 0.05) is 11.3 Å². The van der Waals surface area contributed by atoms with Crippen molar-refractivity contribution in [3.05, 3.63) is 47.4 Å². The van der Waals surface area contributed by atoms with Gasteiger partial charge in [-0.15, -0.1) is 0 Å². The van der Waals surface area contributed by atoms with E-state index in [2.05, 4.69) is 24.0 Å². The van der Waals surface area contributed by atoms with Crippen molar-refractivity contribution in [3.8, 4) is 11.3 Å². The average Bonchev–Trinajstić information content (AvgIpc) is 2.38. The van der Waals surface area contributed by atoms with E-state index in [4.69, 9.17) is 4.98 Å². The number of nitrogens with zero attached hydrogens (tertiary/aromatic N) is 2. The molecule has 1 aromatic heterocycles. The van der Waals surface area contributed by atoms with E-state index in [0.717, 1.165) is 42.0 Å². The Labute approximate surface area is 119 Å². The molecule has 1 aromatic carbocycles. The monoisotopic (exact) mass is 268 g/mol. The van der Waals surface area contributed by atoms with E-state index in [1.165, 1.54) is 5.56 Å². The molecule has 0 bridgehead atoms. The van der Waals surface area contributed by atoms with Crippen molar-refractivity contribution in [2.75, 3.05) is 6.61 Å². The zero-order valence-electron chi connectivity index (χ0n) is 12.1. The van der Waals surface area contributed by atoms with Crippen LogP contribution in [0, 0.1) is 13.8 Å². The predicted octanol–water partition coefficient (Wildman–Crippen LogP) is 3.17. The summed E-state index contributed by atoms with van der Waals surface area (Å²) in [6.07, 6.45) is 3.12. The Hall–Kier alpha value is -1.74. The summed E-state index contributed by atoms with van der Waals surface area (Å²) in [5.41, 5.74) is 4.08. The lowest BCUT2D eigenvalue weighted by molar-refractivity contribution is 0.112. The van der Waals surface area contributed by atoms with Gasteiger partial charge in [0.15, 0.2) is 0 Å². The first-order chi connectivity index (χ1) is 9.64. The fourth-order valence-corrected chi connectivity index (χ4v) is 2.86. The second-order valence-corrected chi connectivity index (χ2v) is 5.83. The maximum absolute atomic E-state index is 9.72. The fraction of sp³-hybridized carbons (Fsp3) is 0.412. The summed E-state index contributed by atoms with van der Waals surface area (Å²) in [6, 6.07) is 10.3. The quantitative estimate of drug-likeness (QED) is 0.930. The third-order valence-electron chi connectivity index (χ3n) is 4.36. The standard InChI is InChI=1S/C17H20N2O/c1-12-6-3-4-7-14(12)15-10-13(2)18-16(19-15)17(11-20)8-5-9-17/h3-4,6-7,10,20H,5,8-9,11H2,1-2H3. The summed E-state index contributed by atoms with van der Waals surface area (Å²) in [4.78, 5) is 9.34. The van der Waals surface area contributed by atoms with E-state index in [1.807, 2.05) is 25.1 Å². The minimum atomic E-state index is -0.205. The van der Waals surface area contributed by atoms with Gasteiger partial charge in [0.2, 0.25) is 0 Å². The molecule has 1 saturated carbocycles. The Morgan fingerprint density at radius 3 is 2.50 bits per heavy atom. The summed E-state index contributed by atoms with van der Waals surface area (Å²) in [5, 5.41) is 9.72. The van der Waals surface area contributed by atoms with Gasteiger partial charge in [-0.2, -0.15) is 0 Å². The molecule has 20 heavy (non-hydrogen) atoms. The van der Waals surface area contributed by atoms with Crippen LogP contribution in [0.2, 0.25) is 0 Å². The molecule has 0 spiro atoms. The second kappa shape index (κ2) is 4.98. The molecule has 0 atom stereocenters. The van der Waals surface area contributed by atoms with Gasteiger partial charge in [-0.05, 0) is 38.3 Å². The lowest BCUT2D eigenvalue weighted by Crippen LogP contribution is -2.40. The van der Waals surface area contributed by atoms with E-state index in [9.17, 15) is 5.11 Å². The maximum Gasteiger partial charge on any atom is 0.137 e. The molecule has 3 nitrogen and oxygen atoms in total. The highest BCUT2D eigenvalue weighted by molar-refractivity contribution is 5.63. The van der Waals surface area contributed by atoms with Crippen LogP contribution >= 0.6 is 0 Å². The molecule has 1 fully saturated rings. The Morgan fingerprint density at radius 1 is 1.15 bits per heavy atom. The van der Waals surface area contributed by atoms with Crippen molar-refractivity contribution in [1.29, 1.82) is 0 Å². The number of aryl methyl sites for hydroxylation is 2. The summed E-state index contributed by atoms with van der Waals surface area (Å²) in [7, 11) is 0. The number of hydrogen-bond acceptors (Lipinski definition) is 3. The van der Waals surface area contributed by atoms with Gasteiger partial charge in [0.05, 0.1) is 17.7 Å². The smallest absolute Gasteiger partial charge is 0.137 e. The molecule has 0 unspecified atom stereocenters. The lowest BCUT2D eigenvalue weighted by Gasteiger charge is -2.38. The van der Waals surface area contributed by atoms with E-state index in [1.54, 1.807) is 0 Å². The zero-order valence-corrected chi connectivity index (χ0v) is 12.1. The molecular weight excluding hydrogens is 248 g/mol. The van der Waals surface area contributed by atoms with Gasteiger partial charge < -0.3 is 5.11 Å². The summed E-state index contributed by atoms with van der Waals surface area (Å²) in [6.45, 7) is 4.23. The minimum absolute atomic E-state index is 0.143. The van der Waals surface area contributed by atoms with Crippen LogP contribution in [0.5, 0.6) is 0 Å². The zero-order chi connectivity index (χ0) is 14.2. The van der Waals surface area contributed by atoms with Gasteiger partial charge in [0.1, 0.15) is 5.82 Å². The average molecular weight is 268 g/mol. The largest absolute Gasteiger partial charge is 0.395 e. The fourth-order valence-electron chi connectivity index (χ4n) is 2.86. The third kappa shape index (κ3) is 2.12. The summed E-state index contributed by atoms with van der Waals surface area (Å²) >= 11 is 0. The highest BCUT2D eigenvalue weighted by Gasteiger charge is 2.41. The third-order valence-corrected chi connectivity index (χ3v) is 4.36. The number of benzene rings is 1. The Bertz CT molecular complexity index is 627. The SMILES string of the molecule is Cc1cc(-c2ccccc2C)nc(C2(CO)CCC2)n1. The van der Waals surface area contributed by atoms with Crippen molar-refractivity contribution in [2.24, 2.45) is 0 Å². The minimum Gasteiger partial charge on any atom is -0.395 e. The lowest BCUT2D eigenvalue weighted by atomic mass is 9.68. The van der Waals surface area contributed by atoms with Gasteiger partial charge >= 0.3 is 0 Å². The number of aliphatic hydroxyl groups excluding tert-OH is 1. The first kappa shape index (κ1) is 13.3. The molecule has 2 aromatic rings. The molecule has 3 rings (SSSR count). The van der Waals surface area contributed by atoms with Crippen molar-refractivity contribution in [3.63, 3.8) is 0 Å². The molecule has 1 aliphatic carbocycles. The van der Waals surface area contributed by atoms with Crippen LogP contribution in [-0.4, -0.2) is 21.7 Å². The van der Waals surface area contributed by atoms with Gasteiger partial charge in [0.25, 0.3) is 0 Å². The van der Waals surface area contributed by atoms with Crippen LogP contribution in [-0.2, 0) is 5.41 Å². The van der Waals surface area contributed by atoms with Gasteiger partial charge in [-0.1, -0.05) is 30.7 Å². The Balaban J connectivity index is 2.10. The Kier molecular flexibility index (Phi) is 3.30. The first-order valence-corrected chi connectivity index (χ1v) is 7.18. The van der Waals surface area contributed by atoms with E-state index >= 15 is 0 Å². The van der Waals surface area contributed by atoms with Crippen molar-refractivity contribution >= 4 is 0 Å². The first-order valence-electron chi connectivity index (χ1n) is 7.18. The molecule has 0 aliphatic heterocycles. The molecule has 0 radical (unpaired) electrons. The van der Waals surface area contributed by atoms with E-state index in [0.29, 0.717) is 0 Å². The molecule has 0 saturated heterocycles. The van der Waals surface area contributed by atoms with Crippen LogP contribution < -0.4 is 0 Å². The van der Waals surface area contributed by atoms with Crippen molar-refractivity contribution in [2.45, 2.75) is 38.5 Å². The van der Waals surface area contributed by atoms with Crippen molar-refractivity contribution in [1.82, 2.24) is 9.97 Å². The molecule has 3 heteroatoms.